The van der Waals surface area contributed by atoms with Crippen LogP contribution in [0.25, 0.3) is 0 Å². The topological polar surface area (TPSA) is 49.9 Å². The van der Waals surface area contributed by atoms with E-state index < -0.39 is 11.6 Å². The van der Waals surface area contributed by atoms with E-state index in [0.29, 0.717) is 30.8 Å². The Balaban J connectivity index is 1.48. The summed E-state index contributed by atoms with van der Waals surface area (Å²) in [5.74, 6) is -1.72. The Kier molecular flexibility index (Phi) is 6.66. The van der Waals surface area contributed by atoms with Gasteiger partial charge >= 0.3 is 0 Å². The van der Waals surface area contributed by atoms with Crippen molar-refractivity contribution in [3.05, 3.63) is 50.6 Å². The third-order valence-electron chi connectivity index (χ3n) is 4.49. The van der Waals surface area contributed by atoms with Gasteiger partial charge in [0.15, 0.2) is 11.6 Å². The molecule has 1 aromatic heterocycles. The molecule has 1 aliphatic rings. The minimum absolute atomic E-state index is 0.00747. The molecule has 0 bridgehead atoms. The van der Waals surface area contributed by atoms with Gasteiger partial charge in [-0.2, -0.15) is 0 Å². The molecule has 3 rings (SSSR count). The molecule has 150 valence electrons. The zero-order chi connectivity index (χ0) is 20.3. The van der Waals surface area contributed by atoms with Crippen molar-refractivity contribution in [1.82, 2.24) is 9.80 Å². The predicted molar refractivity (Wildman–Crippen MR) is 106 cm³/mol. The first-order valence-corrected chi connectivity index (χ1v) is 10.3. The summed E-state index contributed by atoms with van der Waals surface area (Å²) in [4.78, 5) is 28.5. The molecule has 0 saturated carbocycles. The second-order valence-corrected chi connectivity index (χ2v) is 9.00. The first-order chi connectivity index (χ1) is 13.3. The Labute approximate surface area is 174 Å². The van der Waals surface area contributed by atoms with Gasteiger partial charge in [0.2, 0.25) is 5.91 Å². The molecule has 0 unspecified atom stereocenters. The van der Waals surface area contributed by atoms with Crippen molar-refractivity contribution < 1.29 is 23.1 Å². The number of ether oxygens (including phenoxy) is 1. The molecule has 1 saturated heterocycles. The minimum Gasteiger partial charge on any atom is -0.487 e. The zero-order valence-electron chi connectivity index (χ0n) is 15.2. The van der Waals surface area contributed by atoms with E-state index in [1.807, 2.05) is 0 Å². The van der Waals surface area contributed by atoms with Gasteiger partial charge < -0.3 is 14.5 Å². The minimum atomic E-state index is -0.737. The Morgan fingerprint density at radius 3 is 2.57 bits per heavy atom. The van der Waals surface area contributed by atoms with E-state index in [1.54, 1.807) is 24.1 Å². The summed E-state index contributed by atoms with van der Waals surface area (Å²) in [7, 11) is 1.60. The summed E-state index contributed by atoms with van der Waals surface area (Å²) in [5, 5.41) is 0. The number of likely N-dealkylation sites (N-methyl/N-ethyl adjacent to an activating group) is 1. The molecular weight excluding hydrogens is 454 g/mol. The van der Waals surface area contributed by atoms with E-state index in [0.717, 1.165) is 15.9 Å². The fourth-order valence-corrected chi connectivity index (χ4v) is 4.35. The van der Waals surface area contributed by atoms with Gasteiger partial charge in [-0.15, -0.1) is 11.3 Å². The fraction of sp³-hybridized carbons (Fsp3) is 0.368. The van der Waals surface area contributed by atoms with Gasteiger partial charge in [0.05, 0.1) is 15.2 Å². The highest BCUT2D eigenvalue weighted by atomic mass is 79.9. The van der Waals surface area contributed by atoms with Crippen molar-refractivity contribution in [1.29, 1.82) is 0 Å². The maximum absolute atomic E-state index is 13.7. The van der Waals surface area contributed by atoms with Crippen LogP contribution in [-0.2, 0) is 4.79 Å². The molecule has 28 heavy (non-hydrogen) atoms. The lowest BCUT2D eigenvalue weighted by molar-refractivity contribution is -0.133. The summed E-state index contributed by atoms with van der Waals surface area (Å²) in [6.07, 6.45) is 0.836. The molecule has 1 aromatic carbocycles. The first kappa shape index (κ1) is 20.7. The number of hydrogen-bond donors (Lipinski definition) is 0. The standard InChI is InChI=1S/C19H19BrF2N2O3S/c1-23(19(26)16-4-5-17(20)28-16)11-18(25)24-8-6-13(7-9-24)27-15-3-2-12(21)10-14(15)22/h2-5,10,13H,6-9,11H2,1H3. The first-order valence-electron chi connectivity index (χ1n) is 8.74. The van der Waals surface area contributed by atoms with Gasteiger partial charge in [-0.25, -0.2) is 8.78 Å². The number of benzene rings is 1. The Bertz CT molecular complexity index is 869. The largest absolute Gasteiger partial charge is 0.487 e. The van der Waals surface area contributed by atoms with Crippen LogP contribution in [0.5, 0.6) is 5.75 Å². The van der Waals surface area contributed by atoms with Crippen LogP contribution in [0.15, 0.2) is 34.1 Å². The summed E-state index contributed by atoms with van der Waals surface area (Å²) in [5.41, 5.74) is 0. The van der Waals surface area contributed by atoms with E-state index in [1.165, 1.54) is 22.3 Å². The number of piperidine rings is 1. The smallest absolute Gasteiger partial charge is 0.264 e. The van der Waals surface area contributed by atoms with E-state index in [4.69, 9.17) is 4.74 Å². The predicted octanol–water partition coefficient (Wildman–Crippen LogP) is 3.93. The van der Waals surface area contributed by atoms with Crippen molar-refractivity contribution in [3.63, 3.8) is 0 Å². The van der Waals surface area contributed by atoms with Crippen LogP contribution in [0.4, 0.5) is 8.78 Å². The molecule has 1 aliphatic heterocycles. The lowest BCUT2D eigenvalue weighted by Crippen LogP contribution is -2.46. The number of nitrogens with zero attached hydrogens (tertiary/aromatic N) is 2. The van der Waals surface area contributed by atoms with E-state index >= 15 is 0 Å². The van der Waals surface area contributed by atoms with E-state index in [9.17, 15) is 18.4 Å². The maximum Gasteiger partial charge on any atom is 0.264 e. The molecule has 5 nitrogen and oxygen atoms in total. The van der Waals surface area contributed by atoms with Gasteiger partial charge in [-0.1, -0.05) is 0 Å². The molecule has 0 spiro atoms. The number of carbonyl (C=O) groups is 2. The number of thiophene rings is 1. The summed E-state index contributed by atoms with van der Waals surface area (Å²) in [6, 6.07) is 6.71. The SMILES string of the molecule is CN(CC(=O)N1CCC(Oc2ccc(F)cc2F)CC1)C(=O)c1ccc(Br)s1. The van der Waals surface area contributed by atoms with Crippen LogP contribution < -0.4 is 4.74 Å². The van der Waals surface area contributed by atoms with Crippen molar-refractivity contribution in [2.24, 2.45) is 0 Å². The Morgan fingerprint density at radius 1 is 1.25 bits per heavy atom. The van der Waals surface area contributed by atoms with Crippen LogP contribution in [0, 0.1) is 11.6 Å². The normalized spacial score (nSPS) is 14.8. The van der Waals surface area contributed by atoms with Crippen molar-refractivity contribution in [2.75, 3.05) is 26.7 Å². The number of halogens is 3. The molecular formula is C19H19BrF2N2O3S. The molecule has 9 heteroatoms. The number of carbonyl (C=O) groups excluding carboxylic acids is 2. The molecule has 1 fully saturated rings. The summed E-state index contributed by atoms with van der Waals surface area (Å²) in [6.45, 7) is 0.907. The van der Waals surface area contributed by atoms with Crippen molar-refractivity contribution in [3.8, 4) is 5.75 Å². The van der Waals surface area contributed by atoms with Crippen LogP contribution >= 0.6 is 27.3 Å². The molecule has 0 radical (unpaired) electrons. The van der Waals surface area contributed by atoms with E-state index in [-0.39, 0.29) is 30.2 Å². The number of likely N-dealkylation sites (tertiary alicyclic amines) is 1. The third kappa shape index (κ3) is 5.08. The highest BCUT2D eigenvalue weighted by Gasteiger charge is 2.26. The maximum atomic E-state index is 13.7. The molecule has 2 amide bonds. The Morgan fingerprint density at radius 2 is 1.96 bits per heavy atom. The molecule has 0 aliphatic carbocycles. The zero-order valence-corrected chi connectivity index (χ0v) is 17.6. The molecule has 2 heterocycles. The van der Waals surface area contributed by atoms with Crippen LogP contribution in [0.1, 0.15) is 22.5 Å². The highest BCUT2D eigenvalue weighted by Crippen LogP contribution is 2.24. The lowest BCUT2D eigenvalue weighted by atomic mass is 10.1. The Hall–Kier alpha value is -2.00. The second kappa shape index (κ2) is 9.00. The van der Waals surface area contributed by atoms with Crippen molar-refractivity contribution >= 4 is 39.1 Å². The quantitative estimate of drug-likeness (QED) is 0.662. The highest BCUT2D eigenvalue weighted by molar-refractivity contribution is 9.11. The van der Waals surface area contributed by atoms with Crippen LogP contribution in [0.2, 0.25) is 0 Å². The number of hydrogen-bond acceptors (Lipinski definition) is 4. The second-order valence-electron chi connectivity index (χ2n) is 6.54. The van der Waals surface area contributed by atoms with Gasteiger partial charge in [0, 0.05) is 39.0 Å². The monoisotopic (exact) mass is 472 g/mol. The van der Waals surface area contributed by atoms with Crippen molar-refractivity contribution in [2.45, 2.75) is 18.9 Å². The van der Waals surface area contributed by atoms with Gasteiger partial charge in [0.1, 0.15) is 11.9 Å². The van der Waals surface area contributed by atoms with Crippen LogP contribution in [-0.4, -0.2) is 54.4 Å². The average Bonchev–Trinajstić information content (AvgIpc) is 3.10. The van der Waals surface area contributed by atoms with Crippen LogP contribution in [0.3, 0.4) is 0 Å². The molecule has 0 N–H and O–H groups in total. The summed E-state index contributed by atoms with van der Waals surface area (Å²) >= 11 is 4.64. The van der Waals surface area contributed by atoms with Gasteiger partial charge in [-0.05, 0) is 40.2 Å². The fourth-order valence-electron chi connectivity index (χ4n) is 2.97. The lowest BCUT2D eigenvalue weighted by Gasteiger charge is -2.33. The van der Waals surface area contributed by atoms with E-state index in [2.05, 4.69) is 15.9 Å². The van der Waals surface area contributed by atoms with Gasteiger partial charge in [0.25, 0.3) is 5.91 Å². The molecule has 0 atom stereocenters. The number of amides is 2. The van der Waals surface area contributed by atoms with Gasteiger partial charge in [-0.3, -0.25) is 9.59 Å². The average molecular weight is 473 g/mol. The summed E-state index contributed by atoms with van der Waals surface area (Å²) < 4.78 is 33.1. The third-order valence-corrected chi connectivity index (χ3v) is 6.10. The number of rotatable bonds is 5. The molecule has 2 aromatic rings.